The first-order valence-corrected chi connectivity index (χ1v) is 4.67. The first-order valence-electron chi connectivity index (χ1n) is 3.78. The van der Waals surface area contributed by atoms with E-state index in [1.165, 1.54) is 5.56 Å². The summed E-state index contributed by atoms with van der Waals surface area (Å²) in [5, 5.41) is 0. The second kappa shape index (κ2) is 6.39. The lowest BCUT2D eigenvalue weighted by Gasteiger charge is -2.01. The molecule has 0 fully saturated rings. The molecule has 3 heteroatoms. The van der Waals surface area contributed by atoms with Crippen molar-refractivity contribution in [3.63, 3.8) is 0 Å². The number of hydrogen-bond donors (Lipinski definition) is 0. The number of rotatable bonds is 5. The lowest BCUT2D eigenvalue weighted by molar-refractivity contribution is 0.101. The zero-order valence-corrected chi connectivity index (χ0v) is 8.86. The third-order valence-corrected chi connectivity index (χ3v) is 1.86. The van der Waals surface area contributed by atoms with E-state index >= 15 is 0 Å². The largest absolute Gasteiger partial charge is 0.374 e. The fourth-order valence-corrected chi connectivity index (χ4v) is 1.03. The van der Waals surface area contributed by atoms with Crippen molar-refractivity contribution < 1.29 is 7.80 Å². The molecule has 66 valence electrons. The van der Waals surface area contributed by atoms with Crippen molar-refractivity contribution in [3.8, 4) is 0 Å². The Morgan fingerprint density at radius 2 is 1.83 bits per heavy atom. The summed E-state index contributed by atoms with van der Waals surface area (Å²) in [6.07, 6.45) is 0. The van der Waals surface area contributed by atoms with Gasteiger partial charge in [-0.05, 0) is 5.56 Å². The normalized spacial score (nSPS) is 10.1. The molecule has 0 heterocycles. The molecule has 0 unspecified atom stereocenters. The molecule has 0 spiro atoms. The minimum Gasteiger partial charge on any atom is -0.374 e. The van der Waals surface area contributed by atoms with Gasteiger partial charge in [0.05, 0.1) is 19.8 Å². The highest BCUT2D eigenvalue weighted by Gasteiger charge is 1.90. The Kier molecular flexibility index (Phi) is 5.30. The Morgan fingerprint density at radius 3 is 2.50 bits per heavy atom. The van der Waals surface area contributed by atoms with Crippen molar-refractivity contribution in [2.75, 3.05) is 13.2 Å². The summed E-state index contributed by atoms with van der Waals surface area (Å²) in [6.45, 7) is 1.96. The number of halogens is 1. The van der Waals surface area contributed by atoms with Crippen LogP contribution in [-0.2, 0) is 14.4 Å². The van der Waals surface area contributed by atoms with Crippen LogP contribution >= 0.6 is 23.0 Å². The van der Waals surface area contributed by atoms with Gasteiger partial charge in [0, 0.05) is 0 Å². The Hall–Kier alpha value is -0.130. The Morgan fingerprint density at radius 1 is 1.08 bits per heavy atom. The number of hydrogen-bond acceptors (Lipinski definition) is 2. The minimum absolute atomic E-state index is 0.646. The highest BCUT2D eigenvalue weighted by Crippen LogP contribution is 2.00. The predicted octanol–water partition coefficient (Wildman–Crippen LogP) is 2.57. The topological polar surface area (TPSA) is 18.5 Å². The van der Waals surface area contributed by atoms with Gasteiger partial charge in [0.15, 0.2) is 0 Å². The molecule has 0 radical (unpaired) electrons. The van der Waals surface area contributed by atoms with Gasteiger partial charge in [-0.1, -0.05) is 30.3 Å². The van der Waals surface area contributed by atoms with E-state index in [1.807, 2.05) is 53.3 Å². The first kappa shape index (κ1) is 9.95. The van der Waals surface area contributed by atoms with Gasteiger partial charge in [-0.3, -0.25) is 0 Å². The van der Waals surface area contributed by atoms with Gasteiger partial charge in [-0.15, -0.1) is 0 Å². The monoisotopic (exact) mass is 278 g/mol. The molecule has 0 saturated heterocycles. The van der Waals surface area contributed by atoms with Crippen LogP contribution in [0.5, 0.6) is 0 Å². The summed E-state index contributed by atoms with van der Waals surface area (Å²) >= 11 is 1.86. The van der Waals surface area contributed by atoms with Gasteiger partial charge in [-0.2, -0.15) is 0 Å². The zero-order chi connectivity index (χ0) is 8.65. The number of benzene rings is 1. The SMILES string of the molecule is IOCCOCc1ccccc1. The zero-order valence-electron chi connectivity index (χ0n) is 6.70. The quantitative estimate of drug-likeness (QED) is 0.608. The van der Waals surface area contributed by atoms with Crippen molar-refractivity contribution in [1.82, 2.24) is 0 Å². The first-order chi connectivity index (χ1) is 5.93. The van der Waals surface area contributed by atoms with Crippen LogP contribution in [0.4, 0.5) is 0 Å². The van der Waals surface area contributed by atoms with Gasteiger partial charge in [0.1, 0.15) is 23.0 Å². The van der Waals surface area contributed by atoms with E-state index in [1.54, 1.807) is 0 Å². The molecule has 1 aromatic rings. The predicted molar refractivity (Wildman–Crippen MR) is 56.1 cm³/mol. The van der Waals surface area contributed by atoms with Crippen LogP contribution in [0.2, 0.25) is 0 Å². The van der Waals surface area contributed by atoms with Crippen LogP contribution in [0, 0.1) is 0 Å². The van der Waals surface area contributed by atoms with Crippen LogP contribution in [0.15, 0.2) is 30.3 Å². The van der Waals surface area contributed by atoms with Crippen molar-refractivity contribution in [3.05, 3.63) is 35.9 Å². The third-order valence-electron chi connectivity index (χ3n) is 1.42. The molecule has 0 atom stereocenters. The van der Waals surface area contributed by atoms with Crippen LogP contribution in [0.25, 0.3) is 0 Å². The molecule has 0 N–H and O–H groups in total. The van der Waals surface area contributed by atoms with Crippen LogP contribution < -0.4 is 0 Å². The fraction of sp³-hybridized carbons (Fsp3) is 0.333. The fourth-order valence-electron chi connectivity index (χ4n) is 0.855. The van der Waals surface area contributed by atoms with E-state index in [0.717, 1.165) is 0 Å². The second-order valence-electron chi connectivity index (χ2n) is 2.35. The summed E-state index contributed by atoms with van der Waals surface area (Å²) in [4.78, 5) is 0. The maximum absolute atomic E-state index is 5.33. The summed E-state index contributed by atoms with van der Waals surface area (Å²) in [5.41, 5.74) is 1.20. The maximum Gasteiger partial charge on any atom is 0.109 e. The smallest absolute Gasteiger partial charge is 0.109 e. The molecule has 0 aromatic heterocycles. The molecular formula is C9H11IO2. The Balaban J connectivity index is 2.16. The van der Waals surface area contributed by atoms with Crippen molar-refractivity contribution >= 4 is 23.0 Å². The molecule has 1 rings (SSSR count). The molecule has 2 nitrogen and oxygen atoms in total. The average molecular weight is 278 g/mol. The van der Waals surface area contributed by atoms with E-state index in [-0.39, 0.29) is 0 Å². The van der Waals surface area contributed by atoms with Gasteiger partial charge in [0.25, 0.3) is 0 Å². The summed E-state index contributed by atoms with van der Waals surface area (Å²) in [5.74, 6) is 0. The highest BCUT2D eigenvalue weighted by atomic mass is 127. The Labute approximate surface area is 86.6 Å². The molecule has 12 heavy (non-hydrogen) atoms. The lowest BCUT2D eigenvalue weighted by atomic mass is 10.2. The molecular weight excluding hydrogens is 267 g/mol. The molecule has 0 amide bonds. The summed E-state index contributed by atoms with van der Waals surface area (Å²) < 4.78 is 10.2. The summed E-state index contributed by atoms with van der Waals surface area (Å²) in [7, 11) is 0. The molecule has 0 saturated carbocycles. The van der Waals surface area contributed by atoms with E-state index in [0.29, 0.717) is 19.8 Å². The highest BCUT2D eigenvalue weighted by molar-refractivity contribution is 14.1. The third kappa shape index (κ3) is 4.04. The summed E-state index contributed by atoms with van der Waals surface area (Å²) in [6, 6.07) is 10.1. The van der Waals surface area contributed by atoms with Gasteiger partial charge < -0.3 is 7.80 Å². The maximum atomic E-state index is 5.33. The average Bonchev–Trinajstić information content (AvgIpc) is 2.14. The van der Waals surface area contributed by atoms with Crippen molar-refractivity contribution in [2.24, 2.45) is 0 Å². The van der Waals surface area contributed by atoms with Crippen molar-refractivity contribution in [2.45, 2.75) is 6.61 Å². The minimum atomic E-state index is 0.646. The van der Waals surface area contributed by atoms with Gasteiger partial charge in [-0.25, -0.2) is 0 Å². The number of ether oxygens (including phenoxy) is 1. The van der Waals surface area contributed by atoms with Gasteiger partial charge >= 0.3 is 0 Å². The molecule has 0 aliphatic rings. The van der Waals surface area contributed by atoms with E-state index in [9.17, 15) is 0 Å². The molecule has 0 aliphatic heterocycles. The van der Waals surface area contributed by atoms with Crippen LogP contribution in [0.3, 0.4) is 0 Å². The van der Waals surface area contributed by atoms with Crippen molar-refractivity contribution in [1.29, 1.82) is 0 Å². The molecule has 0 aliphatic carbocycles. The van der Waals surface area contributed by atoms with E-state index in [4.69, 9.17) is 7.80 Å². The van der Waals surface area contributed by atoms with Crippen LogP contribution in [0.1, 0.15) is 5.56 Å². The van der Waals surface area contributed by atoms with E-state index in [2.05, 4.69) is 0 Å². The Bertz CT molecular complexity index is 201. The van der Waals surface area contributed by atoms with Gasteiger partial charge in [0.2, 0.25) is 0 Å². The molecule has 1 aromatic carbocycles. The lowest BCUT2D eigenvalue weighted by Crippen LogP contribution is -1.99. The second-order valence-corrected chi connectivity index (χ2v) is 2.97. The molecule has 0 bridgehead atoms. The van der Waals surface area contributed by atoms with E-state index < -0.39 is 0 Å². The van der Waals surface area contributed by atoms with Crippen LogP contribution in [-0.4, -0.2) is 13.2 Å². The standard InChI is InChI=1S/C9H11IO2/c10-12-7-6-11-8-9-4-2-1-3-5-9/h1-5H,6-8H2.